The van der Waals surface area contributed by atoms with Crippen molar-refractivity contribution in [2.75, 3.05) is 6.61 Å². The lowest BCUT2D eigenvalue weighted by Gasteiger charge is -2.31. The average molecular weight is 226 g/mol. The molecular weight excluding hydrogens is 204 g/mol. The molecule has 0 aliphatic rings. The molecule has 4 nitrogen and oxygen atoms in total. The van der Waals surface area contributed by atoms with Crippen LogP contribution in [0, 0.1) is 22.7 Å². The van der Waals surface area contributed by atoms with Gasteiger partial charge in [0.2, 0.25) is 5.91 Å². The maximum atomic E-state index is 11.7. The van der Waals surface area contributed by atoms with Crippen LogP contribution in [0.25, 0.3) is 0 Å². The molecule has 0 saturated carbocycles. The van der Waals surface area contributed by atoms with Crippen LogP contribution in [0.3, 0.4) is 0 Å². The van der Waals surface area contributed by atoms with E-state index in [0.29, 0.717) is 12.8 Å². The quantitative estimate of drug-likeness (QED) is 0.745. The Morgan fingerprint density at radius 2 is 2.06 bits per heavy atom. The van der Waals surface area contributed by atoms with Crippen LogP contribution in [0.4, 0.5) is 0 Å². The van der Waals surface area contributed by atoms with E-state index in [1.807, 2.05) is 33.8 Å². The Morgan fingerprint density at radius 3 is 2.38 bits per heavy atom. The number of aliphatic hydroxyl groups is 1. The molecule has 0 aromatic heterocycles. The molecule has 0 radical (unpaired) electrons. The fourth-order valence-corrected chi connectivity index (χ4v) is 1.46. The Hall–Kier alpha value is -1.08. The van der Waals surface area contributed by atoms with Crippen LogP contribution in [-0.4, -0.2) is 23.7 Å². The van der Waals surface area contributed by atoms with Crippen LogP contribution in [0.1, 0.15) is 40.5 Å². The highest BCUT2D eigenvalue weighted by atomic mass is 16.3. The Morgan fingerprint density at radius 1 is 1.50 bits per heavy atom. The molecule has 0 saturated heterocycles. The Labute approximate surface area is 97.7 Å². The van der Waals surface area contributed by atoms with Crippen molar-refractivity contribution < 1.29 is 9.90 Å². The van der Waals surface area contributed by atoms with Gasteiger partial charge in [-0.05, 0) is 18.3 Å². The van der Waals surface area contributed by atoms with Crippen molar-refractivity contribution in [1.82, 2.24) is 5.32 Å². The molecule has 4 heteroatoms. The molecule has 0 fully saturated rings. The van der Waals surface area contributed by atoms with E-state index in [1.165, 1.54) is 0 Å². The van der Waals surface area contributed by atoms with Crippen LogP contribution in [0.15, 0.2) is 0 Å². The first-order chi connectivity index (χ1) is 7.36. The molecular formula is C12H22N2O2. The van der Waals surface area contributed by atoms with E-state index in [9.17, 15) is 4.79 Å². The number of hydrogen-bond donors (Lipinski definition) is 2. The van der Waals surface area contributed by atoms with E-state index in [1.54, 1.807) is 0 Å². The van der Waals surface area contributed by atoms with Crippen molar-refractivity contribution in [1.29, 1.82) is 5.26 Å². The number of carbonyl (C=O) groups excluding carboxylic acids is 1. The molecule has 2 unspecified atom stereocenters. The summed E-state index contributed by atoms with van der Waals surface area (Å²) in [6, 6.07) is 1.87. The summed E-state index contributed by atoms with van der Waals surface area (Å²) in [4.78, 5) is 11.7. The lowest BCUT2D eigenvalue weighted by atomic mass is 9.84. The third-order valence-electron chi connectivity index (χ3n) is 2.66. The van der Waals surface area contributed by atoms with E-state index in [2.05, 4.69) is 5.32 Å². The minimum Gasteiger partial charge on any atom is -0.396 e. The van der Waals surface area contributed by atoms with Crippen LogP contribution in [0.2, 0.25) is 0 Å². The predicted octanol–water partition coefficient (Wildman–Crippen LogP) is 1.45. The zero-order chi connectivity index (χ0) is 12.8. The normalized spacial score (nSPS) is 15.0. The third-order valence-corrected chi connectivity index (χ3v) is 2.66. The monoisotopic (exact) mass is 226 g/mol. The van der Waals surface area contributed by atoms with Gasteiger partial charge in [-0.15, -0.1) is 0 Å². The molecule has 0 aliphatic heterocycles. The van der Waals surface area contributed by atoms with Crippen molar-refractivity contribution in [2.24, 2.45) is 11.3 Å². The van der Waals surface area contributed by atoms with E-state index >= 15 is 0 Å². The van der Waals surface area contributed by atoms with Gasteiger partial charge in [0.15, 0.2) is 0 Å². The zero-order valence-electron chi connectivity index (χ0n) is 10.6. The topological polar surface area (TPSA) is 73.1 Å². The molecule has 0 spiro atoms. The molecule has 0 aromatic rings. The van der Waals surface area contributed by atoms with Gasteiger partial charge in [-0.1, -0.05) is 27.7 Å². The SMILES string of the molecule is CCC(C#N)C(=O)NC(CCO)C(C)(C)C. The summed E-state index contributed by atoms with van der Waals surface area (Å²) < 4.78 is 0. The zero-order valence-corrected chi connectivity index (χ0v) is 10.6. The van der Waals surface area contributed by atoms with Gasteiger partial charge in [0.25, 0.3) is 0 Å². The second-order valence-corrected chi connectivity index (χ2v) is 5.03. The van der Waals surface area contributed by atoms with Crippen LogP contribution in [0.5, 0.6) is 0 Å². The second kappa shape index (κ2) is 6.49. The number of nitrogens with zero attached hydrogens (tertiary/aromatic N) is 1. The molecule has 92 valence electrons. The summed E-state index contributed by atoms with van der Waals surface area (Å²) in [6.07, 6.45) is 1.02. The number of nitrogens with one attached hydrogen (secondary N) is 1. The first-order valence-corrected chi connectivity index (χ1v) is 5.67. The van der Waals surface area contributed by atoms with E-state index in [4.69, 9.17) is 10.4 Å². The first kappa shape index (κ1) is 14.9. The molecule has 0 aromatic carbocycles. The maximum absolute atomic E-state index is 11.7. The van der Waals surface area contributed by atoms with Crippen molar-refractivity contribution in [2.45, 2.75) is 46.6 Å². The number of amides is 1. The van der Waals surface area contributed by atoms with E-state index in [0.717, 1.165) is 0 Å². The van der Waals surface area contributed by atoms with E-state index in [-0.39, 0.29) is 24.0 Å². The number of aliphatic hydroxyl groups excluding tert-OH is 1. The fourth-order valence-electron chi connectivity index (χ4n) is 1.46. The molecule has 0 heterocycles. The highest BCUT2D eigenvalue weighted by molar-refractivity contribution is 5.81. The summed E-state index contributed by atoms with van der Waals surface area (Å²) in [5.74, 6) is -0.832. The highest BCUT2D eigenvalue weighted by Gasteiger charge is 2.27. The van der Waals surface area contributed by atoms with Crippen LogP contribution in [-0.2, 0) is 4.79 Å². The van der Waals surface area contributed by atoms with Gasteiger partial charge in [-0.2, -0.15) is 5.26 Å². The van der Waals surface area contributed by atoms with Crippen molar-refractivity contribution in [3.05, 3.63) is 0 Å². The first-order valence-electron chi connectivity index (χ1n) is 5.67. The molecule has 0 aliphatic carbocycles. The van der Waals surface area contributed by atoms with Crippen molar-refractivity contribution in [3.63, 3.8) is 0 Å². The summed E-state index contributed by atoms with van der Waals surface area (Å²) in [5.41, 5.74) is -0.119. The largest absolute Gasteiger partial charge is 0.396 e. The molecule has 2 atom stereocenters. The number of rotatable bonds is 5. The summed E-state index contributed by atoms with van der Waals surface area (Å²) >= 11 is 0. The van der Waals surface area contributed by atoms with E-state index < -0.39 is 5.92 Å². The fraction of sp³-hybridized carbons (Fsp3) is 0.833. The molecule has 0 bridgehead atoms. The minimum absolute atomic E-state index is 0.0333. The summed E-state index contributed by atoms with van der Waals surface area (Å²) in [7, 11) is 0. The number of carbonyl (C=O) groups is 1. The molecule has 0 rings (SSSR count). The lowest BCUT2D eigenvalue weighted by molar-refractivity contribution is -0.125. The van der Waals surface area contributed by atoms with Crippen molar-refractivity contribution in [3.8, 4) is 6.07 Å². The van der Waals surface area contributed by atoms with Gasteiger partial charge < -0.3 is 10.4 Å². The Kier molecular flexibility index (Phi) is 6.05. The van der Waals surface area contributed by atoms with Crippen LogP contribution < -0.4 is 5.32 Å². The minimum atomic E-state index is -0.594. The number of nitriles is 1. The average Bonchev–Trinajstić information content (AvgIpc) is 2.17. The van der Waals surface area contributed by atoms with Gasteiger partial charge in [-0.25, -0.2) is 0 Å². The summed E-state index contributed by atoms with van der Waals surface area (Å²) in [5, 5.41) is 20.6. The van der Waals surface area contributed by atoms with Gasteiger partial charge in [0, 0.05) is 12.6 Å². The van der Waals surface area contributed by atoms with Gasteiger partial charge in [0.05, 0.1) is 6.07 Å². The number of hydrogen-bond acceptors (Lipinski definition) is 3. The maximum Gasteiger partial charge on any atom is 0.237 e. The third kappa shape index (κ3) is 4.63. The van der Waals surface area contributed by atoms with Gasteiger partial charge in [-0.3, -0.25) is 4.79 Å². The lowest BCUT2D eigenvalue weighted by Crippen LogP contribution is -2.46. The molecule has 16 heavy (non-hydrogen) atoms. The second-order valence-electron chi connectivity index (χ2n) is 5.03. The Bertz CT molecular complexity index is 263. The smallest absolute Gasteiger partial charge is 0.237 e. The highest BCUT2D eigenvalue weighted by Crippen LogP contribution is 2.22. The molecule has 1 amide bonds. The van der Waals surface area contributed by atoms with Crippen LogP contribution >= 0.6 is 0 Å². The molecule has 2 N–H and O–H groups in total. The standard InChI is InChI=1S/C12H22N2O2/c1-5-9(8-13)11(16)14-10(6-7-15)12(2,3)4/h9-10,15H,5-7H2,1-4H3,(H,14,16). The predicted molar refractivity (Wildman–Crippen MR) is 62.5 cm³/mol. The van der Waals surface area contributed by atoms with Crippen molar-refractivity contribution >= 4 is 5.91 Å². The summed E-state index contributed by atoms with van der Waals surface area (Å²) in [6.45, 7) is 7.85. The van der Waals surface area contributed by atoms with Gasteiger partial charge >= 0.3 is 0 Å². The van der Waals surface area contributed by atoms with Gasteiger partial charge in [0.1, 0.15) is 5.92 Å². The Balaban J connectivity index is 4.53.